The summed E-state index contributed by atoms with van der Waals surface area (Å²) in [5, 5.41) is 17.0. The van der Waals surface area contributed by atoms with E-state index in [4.69, 9.17) is 13.9 Å². The van der Waals surface area contributed by atoms with E-state index in [1.54, 1.807) is 12.1 Å². The maximum absolute atomic E-state index is 11.0. The predicted molar refractivity (Wildman–Crippen MR) is 75.3 cm³/mol. The number of carboxylic acids is 1. The molecule has 2 aromatic rings. The van der Waals surface area contributed by atoms with Crippen LogP contribution in [0.4, 0.5) is 0 Å². The fourth-order valence-corrected chi connectivity index (χ4v) is 2.74. The van der Waals surface area contributed by atoms with E-state index >= 15 is 0 Å². The Morgan fingerprint density at radius 1 is 1.43 bits per heavy atom. The van der Waals surface area contributed by atoms with Gasteiger partial charge in [0.1, 0.15) is 0 Å². The van der Waals surface area contributed by atoms with Crippen LogP contribution in [0.25, 0.3) is 11.7 Å². The largest absolute Gasteiger partial charge is 0.481 e. The molecule has 8 heteroatoms. The van der Waals surface area contributed by atoms with Crippen LogP contribution in [-0.4, -0.2) is 39.3 Å². The number of likely N-dealkylation sites (tertiary alicyclic amines) is 1. The summed E-state index contributed by atoms with van der Waals surface area (Å²) in [7, 11) is 0. The van der Waals surface area contributed by atoms with Crippen LogP contribution < -0.4 is 0 Å². The number of piperidine rings is 1. The highest BCUT2D eigenvalue weighted by atomic mass is 79.9. The fraction of sp³-hybridized carbons (Fsp3) is 0.462. The van der Waals surface area contributed by atoms with Gasteiger partial charge in [-0.15, -0.1) is 10.2 Å². The molecule has 1 aliphatic rings. The zero-order valence-electron chi connectivity index (χ0n) is 11.2. The average Bonchev–Trinajstić information content (AvgIpc) is 3.08. The Morgan fingerprint density at radius 3 is 3.00 bits per heavy atom. The van der Waals surface area contributed by atoms with Crippen molar-refractivity contribution in [2.45, 2.75) is 19.4 Å². The van der Waals surface area contributed by atoms with Crippen LogP contribution in [0.5, 0.6) is 0 Å². The van der Waals surface area contributed by atoms with Gasteiger partial charge in [-0.25, -0.2) is 0 Å². The Morgan fingerprint density at radius 2 is 2.29 bits per heavy atom. The summed E-state index contributed by atoms with van der Waals surface area (Å²) in [5.41, 5.74) is 0. The Hall–Kier alpha value is -1.67. The van der Waals surface area contributed by atoms with E-state index in [0.717, 1.165) is 19.4 Å². The third kappa shape index (κ3) is 3.33. The molecule has 1 saturated heterocycles. The van der Waals surface area contributed by atoms with Crippen LogP contribution >= 0.6 is 15.9 Å². The van der Waals surface area contributed by atoms with Crippen molar-refractivity contribution in [3.8, 4) is 11.7 Å². The van der Waals surface area contributed by atoms with Gasteiger partial charge in [0.15, 0.2) is 10.4 Å². The number of hydrogen-bond acceptors (Lipinski definition) is 6. The first-order valence-electron chi connectivity index (χ1n) is 6.65. The summed E-state index contributed by atoms with van der Waals surface area (Å²) in [6, 6.07) is 3.49. The van der Waals surface area contributed by atoms with Crippen molar-refractivity contribution in [1.82, 2.24) is 15.1 Å². The number of nitrogens with zero attached hydrogens (tertiary/aromatic N) is 3. The van der Waals surface area contributed by atoms with Crippen molar-refractivity contribution in [3.05, 3.63) is 22.7 Å². The van der Waals surface area contributed by atoms with Gasteiger partial charge in [-0.3, -0.25) is 9.69 Å². The van der Waals surface area contributed by atoms with Crippen LogP contribution in [0.2, 0.25) is 0 Å². The predicted octanol–water partition coefficient (Wildman–Crippen LogP) is 2.39. The van der Waals surface area contributed by atoms with Gasteiger partial charge < -0.3 is 13.9 Å². The second-order valence-electron chi connectivity index (χ2n) is 5.02. The summed E-state index contributed by atoms with van der Waals surface area (Å²) in [6.45, 7) is 1.81. The zero-order chi connectivity index (χ0) is 14.8. The van der Waals surface area contributed by atoms with Crippen molar-refractivity contribution in [1.29, 1.82) is 0 Å². The molecule has 1 unspecified atom stereocenters. The third-order valence-corrected chi connectivity index (χ3v) is 3.89. The van der Waals surface area contributed by atoms with E-state index in [-0.39, 0.29) is 5.92 Å². The van der Waals surface area contributed by atoms with Crippen molar-refractivity contribution < 1.29 is 18.7 Å². The van der Waals surface area contributed by atoms with Crippen molar-refractivity contribution in [3.63, 3.8) is 0 Å². The summed E-state index contributed by atoms with van der Waals surface area (Å²) in [5.74, 6) is 0.224. The molecule has 1 atom stereocenters. The molecule has 0 aromatic carbocycles. The number of aromatic nitrogens is 2. The van der Waals surface area contributed by atoms with Crippen LogP contribution in [0.3, 0.4) is 0 Å². The van der Waals surface area contributed by atoms with Gasteiger partial charge in [0.2, 0.25) is 5.89 Å². The number of aliphatic carboxylic acids is 1. The van der Waals surface area contributed by atoms with Crippen LogP contribution in [-0.2, 0) is 11.3 Å². The third-order valence-electron chi connectivity index (χ3n) is 3.46. The maximum atomic E-state index is 11.0. The molecule has 0 amide bonds. The molecule has 1 N–H and O–H groups in total. The SMILES string of the molecule is O=C(O)C1CCCN(Cc2nnc(-c3ccc(Br)o3)o2)C1. The minimum absolute atomic E-state index is 0.317. The molecule has 0 radical (unpaired) electrons. The molecular weight excluding hydrogens is 342 g/mol. The molecule has 21 heavy (non-hydrogen) atoms. The minimum atomic E-state index is -0.744. The van der Waals surface area contributed by atoms with Gasteiger partial charge in [-0.1, -0.05) is 0 Å². The van der Waals surface area contributed by atoms with Gasteiger partial charge in [0.25, 0.3) is 5.89 Å². The lowest BCUT2D eigenvalue weighted by molar-refractivity contribution is -0.143. The Bertz CT molecular complexity index is 639. The van der Waals surface area contributed by atoms with Crippen LogP contribution in [0, 0.1) is 5.92 Å². The van der Waals surface area contributed by atoms with Crippen LogP contribution in [0.15, 0.2) is 25.6 Å². The summed E-state index contributed by atoms with van der Waals surface area (Å²) in [6.07, 6.45) is 1.59. The second-order valence-corrected chi connectivity index (χ2v) is 5.80. The van der Waals surface area contributed by atoms with Crippen molar-refractivity contribution >= 4 is 21.9 Å². The molecule has 0 bridgehead atoms. The lowest BCUT2D eigenvalue weighted by Gasteiger charge is -2.29. The molecule has 3 heterocycles. The lowest BCUT2D eigenvalue weighted by Crippen LogP contribution is -2.38. The zero-order valence-corrected chi connectivity index (χ0v) is 12.7. The first-order chi connectivity index (χ1) is 10.1. The van der Waals surface area contributed by atoms with E-state index in [1.165, 1.54) is 0 Å². The molecule has 0 saturated carbocycles. The van der Waals surface area contributed by atoms with Gasteiger partial charge in [0, 0.05) is 6.54 Å². The van der Waals surface area contributed by atoms with Crippen molar-refractivity contribution in [2.75, 3.05) is 13.1 Å². The molecule has 3 rings (SSSR count). The highest BCUT2D eigenvalue weighted by Gasteiger charge is 2.26. The maximum Gasteiger partial charge on any atom is 0.307 e. The molecule has 1 fully saturated rings. The van der Waals surface area contributed by atoms with E-state index in [1.807, 2.05) is 4.90 Å². The first-order valence-corrected chi connectivity index (χ1v) is 7.44. The van der Waals surface area contributed by atoms with Gasteiger partial charge in [-0.05, 0) is 47.4 Å². The molecule has 112 valence electrons. The second kappa shape index (κ2) is 5.98. The molecule has 2 aromatic heterocycles. The van der Waals surface area contributed by atoms with E-state index in [0.29, 0.717) is 35.3 Å². The normalized spacial score (nSPS) is 19.8. The number of carbonyl (C=O) groups is 1. The smallest absolute Gasteiger partial charge is 0.307 e. The quantitative estimate of drug-likeness (QED) is 0.899. The Balaban J connectivity index is 1.65. The summed E-state index contributed by atoms with van der Waals surface area (Å²) < 4.78 is 11.5. The standard InChI is InChI=1S/C13H14BrN3O4/c14-10-4-3-9(20-10)12-16-15-11(21-12)7-17-5-1-2-8(6-17)13(18)19/h3-4,8H,1-2,5-7H2,(H,18,19). The number of halogens is 1. The van der Waals surface area contributed by atoms with E-state index < -0.39 is 5.97 Å². The highest BCUT2D eigenvalue weighted by molar-refractivity contribution is 9.10. The number of furan rings is 1. The van der Waals surface area contributed by atoms with E-state index in [9.17, 15) is 4.79 Å². The molecule has 1 aliphatic heterocycles. The van der Waals surface area contributed by atoms with Gasteiger partial charge >= 0.3 is 5.97 Å². The molecule has 7 nitrogen and oxygen atoms in total. The first kappa shape index (κ1) is 14.3. The molecular formula is C13H14BrN3O4. The summed E-state index contributed by atoms with van der Waals surface area (Å²) in [4.78, 5) is 13.1. The van der Waals surface area contributed by atoms with Gasteiger partial charge in [-0.2, -0.15) is 0 Å². The molecule has 0 aliphatic carbocycles. The topological polar surface area (TPSA) is 92.6 Å². The van der Waals surface area contributed by atoms with Crippen LogP contribution in [0.1, 0.15) is 18.7 Å². The summed E-state index contributed by atoms with van der Waals surface area (Å²) >= 11 is 3.22. The lowest BCUT2D eigenvalue weighted by atomic mass is 9.98. The van der Waals surface area contributed by atoms with E-state index in [2.05, 4.69) is 26.1 Å². The fourth-order valence-electron chi connectivity index (χ4n) is 2.44. The highest BCUT2D eigenvalue weighted by Crippen LogP contribution is 2.24. The minimum Gasteiger partial charge on any atom is -0.481 e. The van der Waals surface area contributed by atoms with Gasteiger partial charge in [0.05, 0.1) is 12.5 Å². The monoisotopic (exact) mass is 355 g/mol. The number of rotatable bonds is 4. The average molecular weight is 356 g/mol. The molecule has 0 spiro atoms. The Kier molecular flexibility index (Phi) is 4.07. The number of carboxylic acid groups (broad SMARTS) is 1. The number of hydrogen-bond donors (Lipinski definition) is 1. The Labute approximate surface area is 129 Å². The van der Waals surface area contributed by atoms with Crippen molar-refractivity contribution in [2.24, 2.45) is 5.92 Å².